The summed E-state index contributed by atoms with van der Waals surface area (Å²) in [6, 6.07) is 0. The third kappa shape index (κ3) is 2.30. The van der Waals surface area contributed by atoms with Crippen molar-refractivity contribution in [1.82, 2.24) is 0 Å². The summed E-state index contributed by atoms with van der Waals surface area (Å²) in [5.74, 6) is 0.706. The molecule has 0 aromatic carbocycles. The molecule has 0 saturated heterocycles. The van der Waals surface area contributed by atoms with Gasteiger partial charge in [-0.2, -0.15) is 0 Å². The summed E-state index contributed by atoms with van der Waals surface area (Å²) >= 11 is 0. The van der Waals surface area contributed by atoms with E-state index in [0.717, 1.165) is 6.54 Å². The second-order valence-electron chi connectivity index (χ2n) is 3.76. The van der Waals surface area contributed by atoms with E-state index in [2.05, 4.69) is 27.7 Å². The molecule has 0 bridgehead atoms. The first kappa shape index (κ1) is 9.96. The summed E-state index contributed by atoms with van der Waals surface area (Å²) in [4.78, 5) is 0. The van der Waals surface area contributed by atoms with Crippen LogP contribution in [0.2, 0.25) is 0 Å². The average Bonchev–Trinajstić information content (AvgIpc) is 1.88. The van der Waals surface area contributed by atoms with Crippen molar-refractivity contribution in [3.05, 3.63) is 0 Å². The molecule has 2 N–H and O–H groups in total. The summed E-state index contributed by atoms with van der Waals surface area (Å²) in [5, 5.41) is 0. The first-order valence-electron chi connectivity index (χ1n) is 4.27. The SMILES string of the molecule is CCCC(C)(CN)C(C)C. The van der Waals surface area contributed by atoms with Crippen LogP contribution >= 0.6 is 0 Å². The fourth-order valence-corrected chi connectivity index (χ4v) is 1.20. The molecular formula is C9H21N. The van der Waals surface area contributed by atoms with Crippen molar-refractivity contribution in [1.29, 1.82) is 0 Å². The van der Waals surface area contributed by atoms with E-state index < -0.39 is 0 Å². The standard InChI is InChI=1S/C9H21N/c1-5-6-9(4,7-10)8(2)3/h8H,5-7,10H2,1-4H3. The predicted octanol–water partition coefficient (Wildman–Crippen LogP) is 2.41. The predicted molar refractivity (Wildman–Crippen MR) is 46.9 cm³/mol. The average molecular weight is 143 g/mol. The summed E-state index contributed by atoms with van der Waals surface area (Å²) in [6.45, 7) is 9.82. The first-order chi connectivity index (χ1) is 4.56. The monoisotopic (exact) mass is 143 g/mol. The molecule has 0 rings (SSSR count). The zero-order valence-electron chi connectivity index (χ0n) is 7.78. The summed E-state index contributed by atoms with van der Waals surface area (Å²) < 4.78 is 0. The molecule has 0 aliphatic carbocycles. The zero-order chi connectivity index (χ0) is 8.20. The minimum atomic E-state index is 0.370. The quantitative estimate of drug-likeness (QED) is 0.642. The van der Waals surface area contributed by atoms with Gasteiger partial charge in [-0.05, 0) is 24.3 Å². The Kier molecular flexibility index (Phi) is 3.95. The Balaban J connectivity index is 3.94. The second-order valence-corrected chi connectivity index (χ2v) is 3.76. The molecule has 62 valence electrons. The molecule has 0 aromatic rings. The van der Waals surface area contributed by atoms with E-state index in [4.69, 9.17) is 5.73 Å². The summed E-state index contributed by atoms with van der Waals surface area (Å²) in [5.41, 5.74) is 6.06. The lowest BCUT2D eigenvalue weighted by molar-refractivity contribution is 0.208. The molecule has 0 amide bonds. The lowest BCUT2D eigenvalue weighted by Crippen LogP contribution is -2.32. The maximum absolute atomic E-state index is 5.69. The van der Waals surface area contributed by atoms with Gasteiger partial charge < -0.3 is 5.73 Å². The molecular weight excluding hydrogens is 122 g/mol. The highest BCUT2D eigenvalue weighted by atomic mass is 14.6. The lowest BCUT2D eigenvalue weighted by Gasteiger charge is -2.31. The van der Waals surface area contributed by atoms with E-state index >= 15 is 0 Å². The Morgan fingerprint density at radius 3 is 2.00 bits per heavy atom. The molecule has 0 saturated carbocycles. The van der Waals surface area contributed by atoms with E-state index in [0.29, 0.717) is 11.3 Å². The molecule has 0 radical (unpaired) electrons. The third-order valence-corrected chi connectivity index (χ3v) is 2.68. The summed E-state index contributed by atoms with van der Waals surface area (Å²) in [7, 11) is 0. The van der Waals surface area contributed by atoms with E-state index in [9.17, 15) is 0 Å². The molecule has 1 heteroatoms. The topological polar surface area (TPSA) is 26.0 Å². The lowest BCUT2D eigenvalue weighted by atomic mass is 9.76. The number of hydrogen-bond donors (Lipinski definition) is 1. The molecule has 0 spiro atoms. The van der Waals surface area contributed by atoms with Crippen LogP contribution in [0.3, 0.4) is 0 Å². The van der Waals surface area contributed by atoms with Crippen LogP contribution in [-0.4, -0.2) is 6.54 Å². The van der Waals surface area contributed by atoms with E-state index in [-0.39, 0.29) is 0 Å². The van der Waals surface area contributed by atoms with Crippen LogP contribution in [0, 0.1) is 11.3 Å². The molecule has 0 fully saturated rings. The smallest absolute Gasteiger partial charge is 0.00207 e. The Morgan fingerprint density at radius 1 is 1.40 bits per heavy atom. The van der Waals surface area contributed by atoms with E-state index in [1.807, 2.05) is 0 Å². The van der Waals surface area contributed by atoms with Gasteiger partial charge >= 0.3 is 0 Å². The van der Waals surface area contributed by atoms with Gasteiger partial charge in [0.05, 0.1) is 0 Å². The maximum atomic E-state index is 5.69. The van der Waals surface area contributed by atoms with Crippen molar-refractivity contribution < 1.29 is 0 Å². The van der Waals surface area contributed by atoms with Gasteiger partial charge in [0.2, 0.25) is 0 Å². The molecule has 1 atom stereocenters. The van der Waals surface area contributed by atoms with Crippen LogP contribution in [0.1, 0.15) is 40.5 Å². The van der Waals surface area contributed by atoms with Gasteiger partial charge in [0.25, 0.3) is 0 Å². The minimum absolute atomic E-state index is 0.370. The molecule has 0 aliphatic rings. The highest BCUT2D eigenvalue weighted by molar-refractivity contribution is 4.77. The van der Waals surface area contributed by atoms with Gasteiger partial charge in [-0.25, -0.2) is 0 Å². The van der Waals surface area contributed by atoms with Gasteiger partial charge in [-0.1, -0.05) is 34.1 Å². The minimum Gasteiger partial charge on any atom is -0.330 e. The Bertz CT molecular complexity index is 88.7. The molecule has 0 aliphatic heterocycles. The Labute approximate surface area is 65.0 Å². The highest BCUT2D eigenvalue weighted by Crippen LogP contribution is 2.30. The van der Waals surface area contributed by atoms with Crippen LogP contribution in [-0.2, 0) is 0 Å². The normalized spacial score (nSPS) is 17.4. The highest BCUT2D eigenvalue weighted by Gasteiger charge is 2.24. The van der Waals surface area contributed by atoms with Crippen LogP contribution in [0.15, 0.2) is 0 Å². The van der Waals surface area contributed by atoms with Gasteiger partial charge in [-0.3, -0.25) is 0 Å². The van der Waals surface area contributed by atoms with E-state index in [1.54, 1.807) is 0 Å². The summed E-state index contributed by atoms with van der Waals surface area (Å²) in [6.07, 6.45) is 2.49. The first-order valence-corrected chi connectivity index (χ1v) is 4.27. The molecule has 1 nitrogen and oxygen atoms in total. The van der Waals surface area contributed by atoms with Crippen LogP contribution in [0.4, 0.5) is 0 Å². The fraction of sp³-hybridized carbons (Fsp3) is 1.00. The maximum Gasteiger partial charge on any atom is -0.00207 e. The van der Waals surface area contributed by atoms with Crippen molar-refractivity contribution in [3.8, 4) is 0 Å². The van der Waals surface area contributed by atoms with Gasteiger partial charge in [-0.15, -0.1) is 0 Å². The number of rotatable bonds is 4. The second kappa shape index (κ2) is 3.97. The largest absolute Gasteiger partial charge is 0.330 e. The van der Waals surface area contributed by atoms with Gasteiger partial charge in [0.1, 0.15) is 0 Å². The van der Waals surface area contributed by atoms with Crippen LogP contribution < -0.4 is 5.73 Å². The fourth-order valence-electron chi connectivity index (χ4n) is 1.20. The molecule has 0 heterocycles. The van der Waals surface area contributed by atoms with Crippen molar-refractivity contribution in [2.24, 2.45) is 17.1 Å². The van der Waals surface area contributed by atoms with Crippen LogP contribution in [0.5, 0.6) is 0 Å². The van der Waals surface area contributed by atoms with Crippen molar-refractivity contribution >= 4 is 0 Å². The third-order valence-electron chi connectivity index (χ3n) is 2.68. The number of hydrogen-bond acceptors (Lipinski definition) is 1. The molecule has 1 unspecified atom stereocenters. The zero-order valence-corrected chi connectivity index (χ0v) is 7.78. The Hall–Kier alpha value is -0.0400. The van der Waals surface area contributed by atoms with Crippen molar-refractivity contribution in [3.63, 3.8) is 0 Å². The Morgan fingerprint density at radius 2 is 1.90 bits per heavy atom. The molecule has 0 aromatic heterocycles. The van der Waals surface area contributed by atoms with Crippen LogP contribution in [0.25, 0.3) is 0 Å². The van der Waals surface area contributed by atoms with Crippen molar-refractivity contribution in [2.75, 3.05) is 6.54 Å². The number of nitrogens with two attached hydrogens (primary N) is 1. The van der Waals surface area contributed by atoms with Crippen molar-refractivity contribution in [2.45, 2.75) is 40.5 Å². The van der Waals surface area contributed by atoms with Gasteiger partial charge in [0, 0.05) is 0 Å². The molecule has 10 heavy (non-hydrogen) atoms. The van der Waals surface area contributed by atoms with E-state index in [1.165, 1.54) is 12.8 Å². The van der Waals surface area contributed by atoms with Gasteiger partial charge in [0.15, 0.2) is 0 Å².